The molecular formula is C15H23BrN4O. The van der Waals surface area contributed by atoms with Gasteiger partial charge in [-0.05, 0) is 41.4 Å². The molecule has 6 heteroatoms. The summed E-state index contributed by atoms with van der Waals surface area (Å²) in [6.07, 6.45) is 2.58. The van der Waals surface area contributed by atoms with Crippen LogP contribution in [-0.4, -0.2) is 48.5 Å². The fourth-order valence-corrected chi connectivity index (χ4v) is 2.69. The molecule has 2 heterocycles. The Morgan fingerprint density at radius 1 is 1.38 bits per heavy atom. The third-order valence-electron chi connectivity index (χ3n) is 4.35. The van der Waals surface area contributed by atoms with Gasteiger partial charge in [0.15, 0.2) is 0 Å². The molecule has 1 fully saturated rings. The molecule has 0 aliphatic carbocycles. The second-order valence-electron chi connectivity index (χ2n) is 5.73. The average Bonchev–Trinajstić information content (AvgIpc) is 2.54. The maximum Gasteiger partial charge on any atom is 0.229 e. The van der Waals surface area contributed by atoms with E-state index in [0.717, 1.165) is 42.9 Å². The lowest BCUT2D eigenvalue weighted by atomic mass is 9.86. The molecule has 0 bridgehead atoms. The highest BCUT2D eigenvalue weighted by Gasteiger charge is 2.35. The second-order valence-corrected chi connectivity index (χ2v) is 6.65. The zero-order valence-electron chi connectivity index (χ0n) is 12.7. The minimum Gasteiger partial charge on any atom is -0.353 e. The molecule has 1 aromatic heterocycles. The Balaban J connectivity index is 1.97. The number of nitrogens with two attached hydrogens (primary N) is 1. The third-order valence-corrected chi connectivity index (χ3v) is 4.82. The van der Waals surface area contributed by atoms with Crippen molar-refractivity contribution >= 4 is 27.7 Å². The molecular weight excluding hydrogens is 332 g/mol. The summed E-state index contributed by atoms with van der Waals surface area (Å²) < 4.78 is 0.974. The van der Waals surface area contributed by atoms with Crippen LogP contribution >= 0.6 is 15.9 Å². The summed E-state index contributed by atoms with van der Waals surface area (Å²) >= 11 is 3.39. The van der Waals surface area contributed by atoms with E-state index in [9.17, 15) is 4.79 Å². The van der Waals surface area contributed by atoms with Crippen molar-refractivity contribution in [2.75, 3.05) is 37.6 Å². The van der Waals surface area contributed by atoms with E-state index < -0.39 is 5.41 Å². The average molecular weight is 355 g/mol. The van der Waals surface area contributed by atoms with Gasteiger partial charge in [0.05, 0.1) is 5.41 Å². The molecule has 1 saturated heterocycles. The lowest BCUT2D eigenvalue weighted by molar-refractivity contribution is -0.141. The molecule has 1 aliphatic rings. The largest absolute Gasteiger partial charge is 0.353 e. The van der Waals surface area contributed by atoms with Crippen LogP contribution in [0.2, 0.25) is 0 Å². The number of anilines is 1. The van der Waals surface area contributed by atoms with Gasteiger partial charge in [0.2, 0.25) is 5.91 Å². The van der Waals surface area contributed by atoms with E-state index in [-0.39, 0.29) is 5.91 Å². The van der Waals surface area contributed by atoms with Gasteiger partial charge in [0.1, 0.15) is 5.82 Å². The highest BCUT2D eigenvalue weighted by Crippen LogP contribution is 2.24. The van der Waals surface area contributed by atoms with Crippen LogP contribution in [0.5, 0.6) is 0 Å². The summed E-state index contributed by atoms with van der Waals surface area (Å²) in [5.74, 6) is 1.14. The highest BCUT2D eigenvalue weighted by atomic mass is 79.9. The van der Waals surface area contributed by atoms with Crippen LogP contribution in [-0.2, 0) is 4.79 Å². The molecule has 1 amide bonds. The predicted octanol–water partition coefficient (Wildman–Crippen LogP) is 1.87. The van der Waals surface area contributed by atoms with Gasteiger partial charge < -0.3 is 15.5 Å². The first-order chi connectivity index (χ1) is 10.00. The van der Waals surface area contributed by atoms with E-state index in [2.05, 4.69) is 25.8 Å². The van der Waals surface area contributed by atoms with Gasteiger partial charge >= 0.3 is 0 Å². The fraction of sp³-hybridized carbons (Fsp3) is 0.600. The standard InChI is InChI=1S/C15H23BrN4O/c1-3-15(2,11-17)14(21)20-8-6-19(7-9-20)13-5-4-12(16)10-18-13/h4-5,10H,3,6-9,11,17H2,1-2H3. The van der Waals surface area contributed by atoms with Gasteiger partial charge in [-0.2, -0.15) is 0 Å². The number of amides is 1. The predicted molar refractivity (Wildman–Crippen MR) is 88.2 cm³/mol. The van der Waals surface area contributed by atoms with Crippen LogP contribution in [0.3, 0.4) is 0 Å². The van der Waals surface area contributed by atoms with Crippen molar-refractivity contribution in [1.82, 2.24) is 9.88 Å². The minimum absolute atomic E-state index is 0.177. The molecule has 2 rings (SSSR count). The molecule has 2 N–H and O–H groups in total. The Bertz CT molecular complexity index is 479. The number of hydrogen-bond donors (Lipinski definition) is 1. The second kappa shape index (κ2) is 6.75. The zero-order chi connectivity index (χ0) is 15.5. The number of carbonyl (C=O) groups is 1. The van der Waals surface area contributed by atoms with E-state index in [0.29, 0.717) is 6.54 Å². The van der Waals surface area contributed by atoms with Crippen molar-refractivity contribution in [3.05, 3.63) is 22.8 Å². The topological polar surface area (TPSA) is 62.5 Å². The Morgan fingerprint density at radius 3 is 2.52 bits per heavy atom. The van der Waals surface area contributed by atoms with Gasteiger partial charge in [-0.1, -0.05) is 6.92 Å². The summed E-state index contributed by atoms with van der Waals surface area (Å²) in [6.45, 7) is 7.45. The van der Waals surface area contributed by atoms with Crippen LogP contribution in [0.15, 0.2) is 22.8 Å². The number of aromatic nitrogens is 1. The number of piperazine rings is 1. The summed E-state index contributed by atoms with van der Waals surface area (Å²) in [5.41, 5.74) is 5.35. The number of pyridine rings is 1. The lowest BCUT2D eigenvalue weighted by Crippen LogP contribution is -2.54. The SMILES string of the molecule is CCC(C)(CN)C(=O)N1CCN(c2ccc(Br)cn2)CC1. The number of carbonyl (C=O) groups excluding carboxylic acids is 1. The molecule has 1 aromatic rings. The van der Waals surface area contributed by atoms with Crippen molar-refractivity contribution in [3.8, 4) is 0 Å². The van der Waals surface area contributed by atoms with Crippen LogP contribution < -0.4 is 10.6 Å². The normalized spacial score (nSPS) is 18.5. The summed E-state index contributed by atoms with van der Waals surface area (Å²) in [7, 11) is 0. The zero-order valence-corrected chi connectivity index (χ0v) is 14.3. The van der Waals surface area contributed by atoms with Crippen LogP contribution in [0.4, 0.5) is 5.82 Å². The van der Waals surface area contributed by atoms with Crippen molar-refractivity contribution in [1.29, 1.82) is 0 Å². The van der Waals surface area contributed by atoms with E-state index >= 15 is 0 Å². The van der Waals surface area contributed by atoms with Crippen molar-refractivity contribution < 1.29 is 4.79 Å². The molecule has 1 aliphatic heterocycles. The maximum atomic E-state index is 12.6. The fourth-order valence-electron chi connectivity index (χ4n) is 2.46. The third kappa shape index (κ3) is 3.55. The summed E-state index contributed by atoms with van der Waals surface area (Å²) in [4.78, 5) is 21.1. The molecule has 5 nitrogen and oxygen atoms in total. The summed E-state index contributed by atoms with van der Waals surface area (Å²) in [6, 6.07) is 3.99. The molecule has 116 valence electrons. The first-order valence-electron chi connectivity index (χ1n) is 7.36. The molecule has 1 atom stereocenters. The van der Waals surface area contributed by atoms with Crippen LogP contribution in [0, 0.1) is 5.41 Å². The van der Waals surface area contributed by atoms with E-state index in [1.165, 1.54) is 0 Å². The van der Waals surface area contributed by atoms with E-state index in [1.54, 1.807) is 6.20 Å². The van der Waals surface area contributed by atoms with Crippen LogP contribution in [0.1, 0.15) is 20.3 Å². The van der Waals surface area contributed by atoms with Gasteiger partial charge in [0.25, 0.3) is 0 Å². The first-order valence-corrected chi connectivity index (χ1v) is 8.15. The number of nitrogens with zero attached hydrogens (tertiary/aromatic N) is 3. The molecule has 21 heavy (non-hydrogen) atoms. The lowest BCUT2D eigenvalue weighted by Gasteiger charge is -2.39. The van der Waals surface area contributed by atoms with Crippen molar-refractivity contribution in [2.45, 2.75) is 20.3 Å². The smallest absolute Gasteiger partial charge is 0.229 e. The van der Waals surface area contributed by atoms with Gasteiger partial charge in [-0.15, -0.1) is 0 Å². The van der Waals surface area contributed by atoms with E-state index in [4.69, 9.17) is 5.73 Å². The highest BCUT2D eigenvalue weighted by molar-refractivity contribution is 9.10. The first kappa shape index (κ1) is 16.2. The minimum atomic E-state index is -0.433. The molecule has 0 aromatic carbocycles. The van der Waals surface area contributed by atoms with Crippen molar-refractivity contribution in [3.63, 3.8) is 0 Å². The Kier molecular flexibility index (Phi) is 5.22. The Hall–Kier alpha value is -1.14. The van der Waals surface area contributed by atoms with Gasteiger partial charge in [0, 0.05) is 43.4 Å². The molecule has 1 unspecified atom stereocenters. The maximum absolute atomic E-state index is 12.6. The van der Waals surface area contributed by atoms with Gasteiger partial charge in [-0.3, -0.25) is 4.79 Å². The van der Waals surface area contributed by atoms with Gasteiger partial charge in [-0.25, -0.2) is 4.98 Å². The molecule has 0 saturated carbocycles. The van der Waals surface area contributed by atoms with Crippen LogP contribution in [0.25, 0.3) is 0 Å². The Morgan fingerprint density at radius 2 is 2.05 bits per heavy atom. The summed E-state index contributed by atoms with van der Waals surface area (Å²) in [5, 5.41) is 0. The molecule has 0 spiro atoms. The molecule has 0 radical (unpaired) electrons. The number of halogens is 1. The Labute approximate surface area is 134 Å². The van der Waals surface area contributed by atoms with Crippen molar-refractivity contribution in [2.24, 2.45) is 11.1 Å². The monoisotopic (exact) mass is 354 g/mol. The quantitative estimate of drug-likeness (QED) is 0.896. The number of hydrogen-bond acceptors (Lipinski definition) is 4. The van der Waals surface area contributed by atoms with E-state index in [1.807, 2.05) is 30.9 Å². The number of rotatable bonds is 4.